The Morgan fingerprint density at radius 2 is 1.85 bits per heavy atom. The van der Waals surface area contributed by atoms with Gasteiger partial charge in [0.25, 0.3) is 11.5 Å². The molecule has 0 aliphatic heterocycles. The Hall–Kier alpha value is -3.23. The van der Waals surface area contributed by atoms with Gasteiger partial charge in [-0.25, -0.2) is 9.97 Å². The number of rotatable bonds is 3. The number of halogens is 3. The molecule has 0 saturated carbocycles. The quantitative estimate of drug-likeness (QED) is 0.750. The van der Waals surface area contributed by atoms with Crippen molar-refractivity contribution in [2.24, 2.45) is 0 Å². The molecule has 3 rings (SSSR count). The van der Waals surface area contributed by atoms with Crippen LogP contribution in [0, 0.1) is 6.92 Å². The number of aryl methyl sites for hydroxylation is 1. The van der Waals surface area contributed by atoms with Gasteiger partial charge in [-0.3, -0.25) is 9.59 Å². The second-order valence-corrected chi connectivity index (χ2v) is 5.58. The second kappa shape index (κ2) is 6.58. The number of para-hydroxylation sites is 1. The van der Waals surface area contributed by atoms with Crippen LogP contribution in [-0.4, -0.2) is 20.9 Å². The molecule has 2 heterocycles. The maximum atomic E-state index is 12.4. The highest BCUT2D eigenvalue weighted by Crippen LogP contribution is 2.25. The first-order chi connectivity index (χ1) is 12.3. The smallest absolute Gasteiger partial charge is 0.348 e. The average Bonchev–Trinajstić information content (AvgIpc) is 2.60. The third-order valence-electron chi connectivity index (χ3n) is 3.90. The SMILES string of the molecule is Cc1c(CNC(=O)c2cnc(C(F)(F)F)nc2)c(=O)[nH]c2ccccc12. The van der Waals surface area contributed by atoms with E-state index in [9.17, 15) is 22.8 Å². The Bertz CT molecular complexity index is 1030. The average molecular weight is 362 g/mol. The van der Waals surface area contributed by atoms with Crippen LogP contribution in [0.4, 0.5) is 13.2 Å². The predicted molar refractivity (Wildman–Crippen MR) is 87.5 cm³/mol. The van der Waals surface area contributed by atoms with Crippen molar-refractivity contribution in [3.8, 4) is 0 Å². The number of carbonyl (C=O) groups is 1. The van der Waals surface area contributed by atoms with Gasteiger partial charge in [-0.15, -0.1) is 0 Å². The molecule has 0 atom stereocenters. The van der Waals surface area contributed by atoms with Crippen LogP contribution in [0.25, 0.3) is 10.9 Å². The summed E-state index contributed by atoms with van der Waals surface area (Å²) in [5, 5.41) is 3.34. The number of carbonyl (C=O) groups excluding carboxylic acids is 1. The Morgan fingerprint density at radius 3 is 2.50 bits per heavy atom. The summed E-state index contributed by atoms with van der Waals surface area (Å²) in [6.07, 6.45) is -3.09. The largest absolute Gasteiger partial charge is 0.451 e. The zero-order chi connectivity index (χ0) is 18.9. The van der Waals surface area contributed by atoms with E-state index >= 15 is 0 Å². The molecule has 6 nitrogen and oxygen atoms in total. The van der Waals surface area contributed by atoms with Gasteiger partial charge in [-0.1, -0.05) is 18.2 Å². The second-order valence-electron chi connectivity index (χ2n) is 5.58. The fourth-order valence-electron chi connectivity index (χ4n) is 2.53. The summed E-state index contributed by atoms with van der Waals surface area (Å²) in [6.45, 7) is 1.69. The molecule has 0 aliphatic carbocycles. The summed E-state index contributed by atoms with van der Waals surface area (Å²) >= 11 is 0. The molecular weight excluding hydrogens is 349 g/mol. The van der Waals surface area contributed by atoms with E-state index in [0.717, 1.165) is 17.8 Å². The number of aromatic amines is 1. The molecule has 1 amide bonds. The van der Waals surface area contributed by atoms with Crippen LogP contribution >= 0.6 is 0 Å². The standard InChI is InChI=1S/C17H13F3N4O2/c1-9-11-4-2-3-5-13(11)24-15(26)12(9)8-21-14(25)10-6-22-16(23-7-10)17(18,19)20/h2-7H,8H2,1H3,(H,21,25)(H,24,26). The zero-order valence-corrected chi connectivity index (χ0v) is 13.5. The summed E-state index contributed by atoms with van der Waals surface area (Å²) in [4.78, 5) is 33.3. The molecule has 3 aromatic rings. The molecule has 9 heteroatoms. The van der Waals surface area contributed by atoms with Gasteiger partial charge < -0.3 is 10.3 Å². The van der Waals surface area contributed by atoms with E-state index in [-0.39, 0.29) is 17.7 Å². The minimum absolute atomic E-state index is 0.0775. The van der Waals surface area contributed by atoms with Crippen LogP contribution in [0.2, 0.25) is 0 Å². The number of alkyl halides is 3. The maximum absolute atomic E-state index is 12.4. The molecule has 0 bridgehead atoms. The topological polar surface area (TPSA) is 87.7 Å². The lowest BCUT2D eigenvalue weighted by Crippen LogP contribution is -2.28. The van der Waals surface area contributed by atoms with Gasteiger partial charge >= 0.3 is 6.18 Å². The van der Waals surface area contributed by atoms with E-state index in [1.807, 2.05) is 12.1 Å². The number of H-pyrrole nitrogens is 1. The van der Waals surface area contributed by atoms with Gasteiger partial charge in [0.05, 0.1) is 5.56 Å². The van der Waals surface area contributed by atoms with Crippen LogP contribution in [0.5, 0.6) is 0 Å². The van der Waals surface area contributed by atoms with Gasteiger partial charge in [0.2, 0.25) is 5.82 Å². The minimum Gasteiger partial charge on any atom is -0.348 e. The lowest BCUT2D eigenvalue weighted by molar-refractivity contribution is -0.145. The van der Waals surface area contributed by atoms with Crippen molar-refractivity contribution in [2.75, 3.05) is 0 Å². The first-order valence-electron chi connectivity index (χ1n) is 7.55. The number of nitrogens with one attached hydrogen (secondary N) is 2. The normalized spacial score (nSPS) is 11.5. The van der Waals surface area contributed by atoms with E-state index in [1.165, 1.54) is 0 Å². The molecule has 1 aromatic carbocycles. The number of aromatic nitrogens is 3. The summed E-state index contributed by atoms with van der Waals surface area (Å²) < 4.78 is 37.3. The van der Waals surface area contributed by atoms with Gasteiger partial charge in [0.1, 0.15) is 0 Å². The maximum Gasteiger partial charge on any atom is 0.451 e. The van der Waals surface area contributed by atoms with Crippen molar-refractivity contribution in [3.05, 3.63) is 69.5 Å². The molecule has 26 heavy (non-hydrogen) atoms. The van der Waals surface area contributed by atoms with Crippen molar-refractivity contribution < 1.29 is 18.0 Å². The van der Waals surface area contributed by atoms with Crippen LogP contribution in [0.15, 0.2) is 41.5 Å². The fraction of sp³-hybridized carbons (Fsp3) is 0.176. The number of nitrogens with zero attached hydrogens (tertiary/aromatic N) is 2. The monoisotopic (exact) mass is 362 g/mol. The molecule has 2 aromatic heterocycles. The van der Waals surface area contributed by atoms with Crippen molar-refractivity contribution in [2.45, 2.75) is 19.6 Å². The van der Waals surface area contributed by atoms with E-state index in [1.54, 1.807) is 19.1 Å². The summed E-state index contributed by atoms with van der Waals surface area (Å²) in [5.41, 5.74) is 1.29. The fourth-order valence-corrected chi connectivity index (χ4v) is 2.53. The molecule has 0 spiro atoms. The molecular formula is C17H13F3N4O2. The lowest BCUT2D eigenvalue weighted by Gasteiger charge is -2.10. The van der Waals surface area contributed by atoms with E-state index < -0.39 is 17.9 Å². The summed E-state index contributed by atoms with van der Waals surface area (Å²) in [5.74, 6) is -2.00. The number of fused-ring (bicyclic) bond motifs is 1. The van der Waals surface area contributed by atoms with Crippen LogP contribution in [0.3, 0.4) is 0 Å². The Morgan fingerprint density at radius 1 is 1.19 bits per heavy atom. The lowest BCUT2D eigenvalue weighted by atomic mass is 10.0. The highest BCUT2D eigenvalue weighted by Gasteiger charge is 2.34. The van der Waals surface area contributed by atoms with Crippen LogP contribution in [0.1, 0.15) is 27.3 Å². The summed E-state index contributed by atoms with van der Waals surface area (Å²) in [6, 6.07) is 7.24. The molecule has 0 fully saturated rings. The number of hydrogen-bond donors (Lipinski definition) is 2. The molecule has 0 unspecified atom stereocenters. The van der Waals surface area contributed by atoms with E-state index in [0.29, 0.717) is 16.6 Å². The highest BCUT2D eigenvalue weighted by molar-refractivity contribution is 5.93. The minimum atomic E-state index is -4.68. The first-order valence-corrected chi connectivity index (χ1v) is 7.55. The predicted octanol–water partition coefficient (Wildman–Crippen LogP) is 2.58. The van der Waals surface area contributed by atoms with Crippen LogP contribution < -0.4 is 10.9 Å². The van der Waals surface area contributed by atoms with Gasteiger partial charge in [0, 0.05) is 35.4 Å². The van der Waals surface area contributed by atoms with Gasteiger partial charge in [0.15, 0.2) is 0 Å². The molecule has 0 saturated heterocycles. The van der Waals surface area contributed by atoms with Crippen molar-refractivity contribution in [1.82, 2.24) is 20.3 Å². The molecule has 134 valence electrons. The number of benzene rings is 1. The molecule has 0 aliphatic rings. The Balaban J connectivity index is 1.80. The molecule has 0 radical (unpaired) electrons. The van der Waals surface area contributed by atoms with E-state index in [4.69, 9.17) is 0 Å². The number of pyridine rings is 1. The number of hydrogen-bond acceptors (Lipinski definition) is 4. The van der Waals surface area contributed by atoms with Crippen molar-refractivity contribution in [3.63, 3.8) is 0 Å². The van der Waals surface area contributed by atoms with Gasteiger partial charge in [-0.2, -0.15) is 13.2 Å². The summed E-state index contributed by atoms with van der Waals surface area (Å²) in [7, 11) is 0. The number of amides is 1. The third kappa shape index (κ3) is 3.41. The first kappa shape index (κ1) is 17.6. The van der Waals surface area contributed by atoms with Crippen molar-refractivity contribution >= 4 is 16.8 Å². The van der Waals surface area contributed by atoms with Crippen LogP contribution in [-0.2, 0) is 12.7 Å². The Kier molecular flexibility index (Phi) is 4.45. The Labute approximate surface area is 145 Å². The zero-order valence-electron chi connectivity index (χ0n) is 13.5. The van der Waals surface area contributed by atoms with E-state index in [2.05, 4.69) is 20.3 Å². The highest BCUT2D eigenvalue weighted by atomic mass is 19.4. The molecule has 2 N–H and O–H groups in total. The van der Waals surface area contributed by atoms with Crippen molar-refractivity contribution in [1.29, 1.82) is 0 Å². The third-order valence-corrected chi connectivity index (χ3v) is 3.90. The van der Waals surface area contributed by atoms with Gasteiger partial charge in [-0.05, 0) is 18.6 Å².